The fourth-order valence-electron chi connectivity index (χ4n) is 2.59. The van der Waals surface area contributed by atoms with Crippen LogP contribution in [0.25, 0.3) is 0 Å². The summed E-state index contributed by atoms with van der Waals surface area (Å²) in [4.78, 5) is 8.60. The van der Waals surface area contributed by atoms with Crippen LogP contribution in [0.3, 0.4) is 0 Å². The predicted octanol–water partition coefficient (Wildman–Crippen LogP) is 4.94. The topological polar surface area (TPSA) is 47.0 Å². The van der Waals surface area contributed by atoms with Gasteiger partial charge in [-0.2, -0.15) is 0 Å². The van der Waals surface area contributed by atoms with Gasteiger partial charge in [-0.25, -0.2) is 9.97 Å². The molecule has 0 amide bonds. The molecular weight excluding hydrogens is 366 g/mol. The maximum absolute atomic E-state index is 5.89. The molecule has 4 nitrogen and oxygen atoms in total. The van der Waals surface area contributed by atoms with E-state index in [0.717, 1.165) is 47.4 Å². The van der Waals surface area contributed by atoms with Crippen molar-refractivity contribution in [3.8, 4) is 5.75 Å². The average Bonchev–Trinajstić information content (AvgIpc) is 2.57. The number of aryl methyl sites for hydroxylation is 3. The summed E-state index contributed by atoms with van der Waals surface area (Å²) in [7, 11) is 0. The molecule has 24 heavy (non-hydrogen) atoms. The lowest BCUT2D eigenvalue weighted by Crippen LogP contribution is -2.14. The van der Waals surface area contributed by atoms with Gasteiger partial charge < -0.3 is 10.1 Å². The van der Waals surface area contributed by atoms with Crippen molar-refractivity contribution in [3.63, 3.8) is 0 Å². The van der Waals surface area contributed by atoms with E-state index < -0.39 is 0 Å². The lowest BCUT2D eigenvalue weighted by molar-refractivity contribution is 0.330. The zero-order valence-corrected chi connectivity index (χ0v) is 16.3. The van der Waals surface area contributed by atoms with Crippen LogP contribution < -0.4 is 10.1 Å². The van der Waals surface area contributed by atoms with Crippen LogP contribution in [0, 0.1) is 6.92 Å². The molecule has 1 aromatic carbocycles. The van der Waals surface area contributed by atoms with E-state index in [-0.39, 0.29) is 0 Å². The number of nitrogens with zero attached hydrogens (tertiary/aromatic N) is 2. The molecule has 1 heterocycles. The fraction of sp³-hybridized carbons (Fsp3) is 0.474. The molecular formula is C19H26BrN3O. The van der Waals surface area contributed by atoms with Gasteiger partial charge in [0.2, 0.25) is 0 Å². The van der Waals surface area contributed by atoms with Crippen molar-refractivity contribution in [1.82, 2.24) is 9.97 Å². The van der Waals surface area contributed by atoms with Gasteiger partial charge in [-0.3, -0.25) is 0 Å². The second kappa shape index (κ2) is 9.62. The summed E-state index contributed by atoms with van der Waals surface area (Å²) in [6.07, 6.45) is 5.89. The summed E-state index contributed by atoms with van der Waals surface area (Å²) in [5.74, 6) is 1.78. The summed E-state index contributed by atoms with van der Waals surface area (Å²) in [6, 6.07) is 6.43. The second-order valence-electron chi connectivity index (χ2n) is 5.86. The first-order valence-electron chi connectivity index (χ1n) is 8.61. The Bertz CT molecular complexity index is 661. The zero-order chi connectivity index (χ0) is 17.4. The highest BCUT2D eigenvalue weighted by atomic mass is 79.9. The van der Waals surface area contributed by atoms with E-state index in [9.17, 15) is 0 Å². The highest BCUT2D eigenvalue weighted by Crippen LogP contribution is 2.23. The second-order valence-corrected chi connectivity index (χ2v) is 6.65. The van der Waals surface area contributed by atoms with Gasteiger partial charge in [0.05, 0.1) is 16.7 Å². The molecule has 0 saturated heterocycles. The highest BCUT2D eigenvalue weighted by Gasteiger charge is 2.07. The molecule has 0 saturated carbocycles. The largest absolute Gasteiger partial charge is 0.491 e. The number of hydrogen-bond donors (Lipinski definition) is 1. The van der Waals surface area contributed by atoms with E-state index in [0.29, 0.717) is 13.2 Å². The number of halogens is 1. The van der Waals surface area contributed by atoms with Crippen molar-refractivity contribution in [2.75, 3.05) is 18.5 Å². The summed E-state index contributed by atoms with van der Waals surface area (Å²) < 4.78 is 6.84. The normalized spacial score (nSPS) is 10.7. The standard InChI is InChI=1S/C19H26BrN3O/c1-4-6-15-8-9-17(14(3)12-15)24-11-10-21-19-18(20)16(7-5-2)22-13-23-19/h8-9,12-13H,4-7,10-11H2,1-3H3,(H,21,22,23). The number of nitrogens with one attached hydrogen (secondary N) is 1. The van der Waals surface area contributed by atoms with Crippen LogP contribution in [0.1, 0.15) is 43.5 Å². The Morgan fingerprint density at radius 2 is 1.92 bits per heavy atom. The molecule has 0 aliphatic rings. The Morgan fingerprint density at radius 1 is 1.12 bits per heavy atom. The predicted molar refractivity (Wildman–Crippen MR) is 103 cm³/mol. The van der Waals surface area contributed by atoms with Crippen LogP contribution in [0.4, 0.5) is 5.82 Å². The maximum atomic E-state index is 5.89. The van der Waals surface area contributed by atoms with Crippen LogP contribution in [-0.4, -0.2) is 23.1 Å². The molecule has 0 fully saturated rings. The molecule has 0 aliphatic heterocycles. The number of aromatic nitrogens is 2. The zero-order valence-electron chi connectivity index (χ0n) is 14.7. The third-order valence-corrected chi connectivity index (χ3v) is 4.61. The molecule has 1 N–H and O–H groups in total. The van der Waals surface area contributed by atoms with Crippen LogP contribution in [0.15, 0.2) is 29.0 Å². The van der Waals surface area contributed by atoms with E-state index in [1.54, 1.807) is 6.33 Å². The van der Waals surface area contributed by atoms with Gasteiger partial charge in [0.25, 0.3) is 0 Å². The van der Waals surface area contributed by atoms with Crippen molar-refractivity contribution in [2.45, 2.75) is 46.5 Å². The van der Waals surface area contributed by atoms with Gasteiger partial charge in [0.15, 0.2) is 0 Å². The van der Waals surface area contributed by atoms with Crippen LogP contribution in [-0.2, 0) is 12.8 Å². The quantitative estimate of drug-likeness (QED) is 0.614. The van der Waals surface area contributed by atoms with Gasteiger partial charge >= 0.3 is 0 Å². The lowest BCUT2D eigenvalue weighted by Gasteiger charge is -2.13. The Labute approximate surface area is 153 Å². The first-order valence-corrected chi connectivity index (χ1v) is 9.40. The molecule has 2 aromatic rings. The smallest absolute Gasteiger partial charge is 0.144 e. The number of ether oxygens (including phenoxy) is 1. The molecule has 0 aliphatic carbocycles. The number of benzene rings is 1. The van der Waals surface area contributed by atoms with Crippen molar-refractivity contribution in [3.05, 3.63) is 45.8 Å². The molecule has 0 bridgehead atoms. The summed E-state index contributed by atoms with van der Waals surface area (Å²) in [6.45, 7) is 7.72. The van der Waals surface area contributed by atoms with E-state index in [4.69, 9.17) is 4.74 Å². The van der Waals surface area contributed by atoms with Gasteiger partial charge in [0, 0.05) is 0 Å². The SMILES string of the molecule is CCCc1ccc(OCCNc2ncnc(CCC)c2Br)c(C)c1. The first kappa shape index (κ1) is 18.7. The Morgan fingerprint density at radius 3 is 2.62 bits per heavy atom. The van der Waals surface area contributed by atoms with Gasteiger partial charge in [-0.15, -0.1) is 0 Å². The lowest BCUT2D eigenvalue weighted by atomic mass is 10.1. The molecule has 2 rings (SSSR count). The van der Waals surface area contributed by atoms with Crippen molar-refractivity contribution < 1.29 is 4.74 Å². The van der Waals surface area contributed by atoms with Crippen LogP contribution in [0.5, 0.6) is 5.75 Å². The van der Waals surface area contributed by atoms with Crippen molar-refractivity contribution in [2.24, 2.45) is 0 Å². The third-order valence-electron chi connectivity index (χ3n) is 3.78. The average molecular weight is 392 g/mol. The maximum Gasteiger partial charge on any atom is 0.144 e. The fourth-order valence-corrected chi connectivity index (χ4v) is 3.13. The highest BCUT2D eigenvalue weighted by molar-refractivity contribution is 9.10. The summed E-state index contributed by atoms with van der Waals surface area (Å²) in [5, 5.41) is 3.31. The molecule has 130 valence electrons. The monoisotopic (exact) mass is 391 g/mol. The molecule has 0 spiro atoms. The minimum Gasteiger partial charge on any atom is -0.491 e. The molecule has 1 aromatic heterocycles. The minimum atomic E-state index is 0.591. The number of rotatable bonds is 9. The van der Waals surface area contributed by atoms with Crippen molar-refractivity contribution >= 4 is 21.7 Å². The first-order chi connectivity index (χ1) is 11.7. The van der Waals surface area contributed by atoms with Crippen LogP contribution >= 0.6 is 15.9 Å². The Kier molecular flexibility index (Phi) is 7.50. The van der Waals surface area contributed by atoms with E-state index in [1.165, 1.54) is 11.1 Å². The third kappa shape index (κ3) is 5.20. The molecule has 0 atom stereocenters. The Balaban J connectivity index is 1.86. The summed E-state index contributed by atoms with van der Waals surface area (Å²) in [5.41, 5.74) is 3.60. The van der Waals surface area contributed by atoms with Gasteiger partial charge in [0.1, 0.15) is 24.5 Å². The number of hydrogen-bond acceptors (Lipinski definition) is 4. The van der Waals surface area contributed by atoms with Crippen molar-refractivity contribution in [1.29, 1.82) is 0 Å². The van der Waals surface area contributed by atoms with Crippen LogP contribution in [0.2, 0.25) is 0 Å². The summed E-state index contributed by atoms with van der Waals surface area (Å²) >= 11 is 3.59. The minimum absolute atomic E-state index is 0.591. The van der Waals surface area contributed by atoms with E-state index in [1.807, 2.05) is 0 Å². The molecule has 0 unspecified atom stereocenters. The van der Waals surface area contributed by atoms with Gasteiger partial charge in [-0.1, -0.05) is 38.8 Å². The van der Waals surface area contributed by atoms with E-state index in [2.05, 4.69) is 70.2 Å². The number of anilines is 1. The molecule has 5 heteroatoms. The molecule has 0 radical (unpaired) electrons. The Hall–Kier alpha value is -1.62. The van der Waals surface area contributed by atoms with Gasteiger partial charge in [-0.05, 0) is 52.9 Å². The van der Waals surface area contributed by atoms with E-state index >= 15 is 0 Å².